The van der Waals surface area contributed by atoms with Crippen LogP contribution in [0.2, 0.25) is 0 Å². The fourth-order valence-corrected chi connectivity index (χ4v) is 12.7. The van der Waals surface area contributed by atoms with E-state index in [-0.39, 0.29) is 48.3 Å². The molecule has 4 fully saturated rings. The molecule has 0 aromatic heterocycles. The van der Waals surface area contributed by atoms with Gasteiger partial charge in [0.25, 0.3) is 0 Å². The van der Waals surface area contributed by atoms with Crippen molar-refractivity contribution in [2.45, 2.75) is 179 Å². The van der Waals surface area contributed by atoms with Crippen LogP contribution in [0.25, 0.3) is 0 Å². The molecule has 6 N–H and O–H groups in total. The molecule has 4 aliphatic rings. The number of nitrogens with zero attached hydrogens (tertiary/aromatic N) is 2. The summed E-state index contributed by atoms with van der Waals surface area (Å²) in [6.45, 7) is 8.52. The summed E-state index contributed by atoms with van der Waals surface area (Å²) in [5, 5.41) is 17.8. The van der Waals surface area contributed by atoms with Crippen LogP contribution < -0.4 is 41.4 Å². The first-order valence-electron chi connectivity index (χ1n) is 27.6. The van der Waals surface area contributed by atoms with Crippen molar-refractivity contribution in [1.29, 1.82) is 0 Å². The number of carbonyl (C=O) groups is 8. The Bertz CT molecular complexity index is 2130. The molecule has 4 aliphatic heterocycles. The lowest BCUT2D eigenvalue weighted by Crippen LogP contribution is -2.62. The van der Waals surface area contributed by atoms with Crippen LogP contribution in [0.1, 0.15) is 129 Å². The molecule has 0 bridgehead atoms. The van der Waals surface area contributed by atoms with Crippen molar-refractivity contribution in [3.63, 3.8) is 0 Å². The van der Waals surface area contributed by atoms with E-state index >= 15 is 0 Å². The van der Waals surface area contributed by atoms with Crippen LogP contribution in [-0.2, 0) is 51.2 Å². The fourth-order valence-electron chi connectivity index (χ4n) is 10.4. The predicted octanol–water partition coefficient (Wildman–Crippen LogP) is 5.00. The summed E-state index contributed by atoms with van der Waals surface area (Å²) in [6, 6.07) is 7.62. The van der Waals surface area contributed by atoms with Gasteiger partial charge in [0.15, 0.2) is 0 Å². The predicted molar refractivity (Wildman–Crippen MR) is 295 cm³/mol. The van der Waals surface area contributed by atoms with Gasteiger partial charge < -0.3 is 51.2 Å². The van der Waals surface area contributed by atoms with Crippen LogP contribution in [0.4, 0.5) is 0 Å². The second-order valence-corrected chi connectivity index (χ2v) is 23.5. The van der Waals surface area contributed by atoms with Crippen molar-refractivity contribution in [2.75, 3.05) is 38.8 Å². The van der Waals surface area contributed by atoms with E-state index in [0.717, 1.165) is 48.3 Å². The molecule has 2 aromatic rings. The van der Waals surface area contributed by atoms with Crippen molar-refractivity contribution in [1.82, 2.24) is 41.7 Å². The van der Waals surface area contributed by atoms with E-state index in [0.29, 0.717) is 88.8 Å². The summed E-state index contributed by atoms with van der Waals surface area (Å²) in [4.78, 5) is 115. The molecule has 8 amide bonds. The maximum Gasteiger partial charge on any atom is 0.246 e. The number of fused-ring (bicyclic) bond motifs is 2. The Balaban J connectivity index is 0.986. The lowest BCUT2D eigenvalue weighted by molar-refractivity contribution is -0.144. The van der Waals surface area contributed by atoms with E-state index in [9.17, 15) is 38.4 Å². The molecule has 418 valence electrons. The van der Waals surface area contributed by atoms with Gasteiger partial charge in [0, 0.05) is 37.4 Å². The molecule has 0 radical (unpaired) electrons. The quantitative estimate of drug-likeness (QED) is 0.0638. The standard InChI is InChI=1S/C56H82N8O10S2/c1-7-35(3)47-55(71)63-29-15-19-45(63)53(69)57-41(49(65)59-43(51(67)61-47)33-37-21-25-39(73-5)26-22-37)17-11-9-13-31-75-76-32-14-10-12-18-42-50(66)60-44(34-38-23-27-40(74-6)28-24-38)52(68)62-48(36(4)8-2)56(72)64-30-16-20-46(64)54(70)58-42/h21-28,35-36,41-48H,7-20,29-34H2,1-6H3,(H,57,69)(H,58,70)(H,59,65)(H,60,66)(H,61,67)(H,62,68)/t35-,36-,41-,42-,43+,44+,45+,46+,47-,48-/m0/s1. The Hall–Kier alpha value is -5.50. The largest absolute Gasteiger partial charge is 0.497 e. The lowest BCUT2D eigenvalue weighted by atomic mass is 9.95. The van der Waals surface area contributed by atoms with Crippen molar-refractivity contribution in [3.05, 3.63) is 59.7 Å². The van der Waals surface area contributed by atoms with Crippen LogP contribution in [-0.4, -0.2) is 144 Å². The molecule has 76 heavy (non-hydrogen) atoms. The Morgan fingerprint density at radius 2 is 0.842 bits per heavy atom. The van der Waals surface area contributed by atoms with Gasteiger partial charge in [-0.3, -0.25) is 38.4 Å². The maximum absolute atomic E-state index is 14.1. The van der Waals surface area contributed by atoms with Crippen LogP contribution in [0.15, 0.2) is 48.5 Å². The number of hydrogen-bond donors (Lipinski definition) is 6. The van der Waals surface area contributed by atoms with Crippen molar-refractivity contribution < 1.29 is 47.8 Å². The molecule has 6 rings (SSSR count). The molecule has 0 unspecified atom stereocenters. The lowest BCUT2D eigenvalue weighted by Gasteiger charge is -2.34. The van der Waals surface area contributed by atoms with Gasteiger partial charge in [-0.05, 0) is 98.6 Å². The SMILES string of the molecule is CC[C@H](C)[C@@H]1NC(=O)[C@@H](Cc2ccc(OC)cc2)NC(=O)[C@H](CCCCCSSCCCCC[C@@H]2NC(=O)[C@H]3CCCN3C(=O)[C@H]([C@@H](C)CC)NC(=O)[C@@H](Cc3ccc(OC)cc3)NC2=O)NC(=O)[C@H]2CCCN2C1=O. The zero-order valence-corrected chi connectivity index (χ0v) is 47.0. The van der Waals surface area contributed by atoms with Gasteiger partial charge >= 0.3 is 0 Å². The molecular weight excluding hydrogens is 1010 g/mol. The van der Waals surface area contributed by atoms with Crippen LogP contribution >= 0.6 is 21.6 Å². The first-order valence-corrected chi connectivity index (χ1v) is 30.1. The number of benzene rings is 2. The normalized spacial score (nSPS) is 25.7. The van der Waals surface area contributed by atoms with Crippen molar-refractivity contribution >= 4 is 68.8 Å². The summed E-state index contributed by atoms with van der Waals surface area (Å²) >= 11 is 0. The van der Waals surface area contributed by atoms with Gasteiger partial charge in [-0.15, -0.1) is 0 Å². The van der Waals surface area contributed by atoms with E-state index in [2.05, 4.69) is 31.9 Å². The maximum atomic E-state index is 14.1. The summed E-state index contributed by atoms with van der Waals surface area (Å²) in [5.41, 5.74) is 1.59. The Morgan fingerprint density at radius 1 is 0.487 bits per heavy atom. The van der Waals surface area contributed by atoms with Gasteiger partial charge in [-0.2, -0.15) is 0 Å². The molecular formula is C56H82N8O10S2. The van der Waals surface area contributed by atoms with E-state index in [1.165, 1.54) is 0 Å². The number of amides is 8. The molecule has 4 heterocycles. The Labute approximate surface area is 457 Å². The first kappa shape index (κ1) is 59.7. The monoisotopic (exact) mass is 1090 g/mol. The van der Waals surface area contributed by atoms with Crippen molar-refractivity contribution in [2.24, 2.45) is 11.8 Å². The average Bonchev–Trinajstić information content (AvgIpc) is 4.14. The number of hydrogen-bond acceptors (Lipinski definition) is 12. The minimum atomic E-state index is -0.991. The highest BCUT2D eigenvalue weighted by atomic mass is 33.1. The van der Waals surface area contributed by atoms with E-state index in [1.807, 2.05) is 52.0 Å². The van der Waals surface area contributed by atoms with E-state index in [4.69, 9.17) is 9.47 Å². The molecule has 0 aliphatic carbocycles. The minimum absolute atomic E-state index is 0.178. The zero-order chi connectivity index (χ0) is 54.7. The topological polar surface area (TPSA) is 234 Å². The third-order valence-corrected chi connectivity index (χ3v) is 18.1. The summed E-state index contributed by atoms with van der Waals surface area (Å²) < 4.78 is 10.6. The van der Waals surface area contributed by atoms with E-state index < -0.39 is 72.0 Å². The highest BCUT2D eigenvalue weighted by Crippen LogP contribution is 2.27. The third kappa shape index (κ3) is 16.5. The molecule has 20 heteroatoms. The zero-order valence-electron chi connectivity index (χ0n) is 45.3. The molecule has 4 saturated heterocycles. The molecule has 0 spiro atoms. The summed E-state index contributed by atoms with van der Waals surface area (Å²) in [6.07, 6.45) is 9.35. The van der Waals surface area contributed by atoms with Gasteiger partial charge in [-0.1, -0.05) is 112 Å². The number of rotatable bonds is 23. The first-order chi connectivity index (χ1) is 36.6. The smallest absolute Gasteiger partial charge is 0.246 e. The number of ether oxygens (including phenoxy) is 2. The van der Waals surface area contributed by atoms with Crippen LogP contribution in [0, 0.1) is 11.8 Å². The highest BCUT2D eigenvalue weighted by molar-refractivity contribution is 8.76. The van der Waals surface area contributed by atoms with Crippen molar-refractivity contribution in [3.8, 4) is 11.5 Å². The summed E-state index contributed by atoms with van der Waals surface area (Å²) in [5.74, 6) is -0.368. The number of carbonyl (C=O) groups excluding carboxylic acids is 8. The van der Waals surface area contributed by atoms with Gasteiger partial charge in [0.05, 0.1) is 14.2 Å². The number of unbranched alkanes of at least 4 members (excludes halogenated alkanes) is 4. The number of methoxy groups -OCH3 is 2. The number of nitrogens with one attached hydrogen (secondary N) is 6. The van der Waals surface area contributed by atoms with Gasteiger partial charge in [0.2, 0.25) is 47.3 Å². The van der Waals surface area contributed by atoms with E-state index in [1.54, 1.807) is 69.9 Å². The summed E-state index contributed by atoms with van der Waals surface area (Å²) in [7, 11) is 6.68. The Kier molecular flexibility index (Phi) is 23.5. The minimum Gasteiger partial charge on any atom is -0.497 e. The van der Waals surface area contributed by atoms with Gasteiger partial charge in [0.1, 0.15) is 59.8 Å². The average molecular weight is 1090 g/mol. The fraction of sp³-hybridized carbons (Fsp3) is 0.643. The molecule has 10 atom stereocenters. The third-order valence-electron chi connectivity index (χ3n) is 15.5. The molecule has 18 nitrogen and oxygen atoms in total. The Morgan fingerprint density at radius 3 is 1.20 bits per heavy atom. The molecule has 0 saturated carbocycles. The van der Waals surface area contributed by atoms with Crippen LogP contribution in [0.3, 0.4) is 0 Å². The van der Waals surface area contributed by atoms with Gasteiger partial charge in [-0.25, -0.2) is 0 Å². The molecule has 2 aromatic carbocycles. The second-order valence-electron chi connectivity index (χ2n) is 20.8. The highest BCUT2D eigenvalue weighted by Gasteiger charge is 2.44. The van der Waals surface area contributed by atoms with Crippen LogP contribution in [0.5, 0.6) is 11.5 Å². The second kappa shape index (κ2) is 29.9.